The summed E-state index contributed by atoms with van der Waals surface area (Å²) >= 11 is 1.40. The van der Waals surface area contributed by atoms with Gasteiger partial charge in [-0.25, -0.2) is 9.97 Å². The number of fused-ring (bicyclic) bond motifs is 1. The summed E-state index contributed by atoms with van der Waals surface area (Å²) in [6.45, 7) is 8.45. The van der Waals surface area contributed by atoms with E-state index in [0.717, 1.165) is 10.6 Å². The van der Waals surface area contributed by atoms with Crippen molar-refractivity contribution in [3.05, 3.63) is 22.3 Å². The average molecular weight is 304 g/mol. The molecule has 110 valence electrons. The van der Waals surface area contributed by atoms with Crippen molar-refractivity contribution in [1.29, 1.82) is 0 Å². The molecule has 0 aliphatic carbocycles. The van der Waals surface area contributed by atoms with Crippen LogP contribution in [-0.2, 0) is 6.54 Å². The quantitative estimate of drug-likeness (QED) is 0.792. The topological polar surface area (TPSA) is 89.6 Å². The second-order valence-electron chi connectivity index (χ2n) is 5.10. The molecular weight excluding hydrogens is 288 g/mol. The number of rotatable bonds is 4. The maximum Gasteiger partial charge on any atom is 0.252 e. The van der Waals surface area contributed by atoms with E-state index < -0.39 is 0 Å². The Hall–Kier alpha value is -2.09. The molecule has 0 atom stereocenters. The number of nitrogens with one attached hydrogen (secondary N) is 1. The van der Waals surface area contributed by atoms with Crippen LogP contribution < -0.4 is 5.32 Å². The van der Waals surface area contributed by atoms with Crippen LogP contribution in [0.3, 0.4) is 0 Å². The lowest BCUT2D eigenvalue weighted by Crippen LogP contribution is -2.05. The number of aromatic nitrogens is 5. The predicted molar refractivity (Wildman–Crippen MR) is 80.4 cm³/mol. The molecule has 3 heterocycles. The van der Waals surface area contributed by atoms with E-state index in [1.807, 2.05) is 6.92 Å². The van der Waals surface area contributed by atoms with Crippen LogP contribution in [0.4, 0.5) is 5.82 Å². The first-order chi connectivity index (χ1) is 10.0. The second kappa shape index (κ2) is 5.36. The van der Waals surface area contributed by atoms with Gasteiger partial charge >= 0.3 is 0 Å². The third kappa shape index (κ3) is 2.71. The Labute approximate surface area is 126 Å². The van der Waals surface area contributed by atoms with E-state index in [-0.39, 0.29) is 0 Å². The van der Waals surface area contributed by atoms with E-state index in [2.05, 4.69) is 43.7 Å². The minimum absolute atomic E-state index is 0.349. The number of nitrogens with zero attached hydrogens (tertiary/aromatic N) is 5. The molecule has 0 radical (unpaired) electrons. The van der Waals surface area contributed by atoms with Gasteiger partial charge in [-0.15, -0.1) is 5.10 Å². The fourth-order valence-corrected chi connectivity index (χ4v) is 2.83. The summed E-state index contributed by atoms with van der Waals surface area (Å²) in [6.07, 6.45) is 0. The first kappa shape index (κ1) is 13.9. The van der Waals surface area contributed by atoms with Crippen LogP contribution in [0.1, 0.15) is 42.1 Å². The van der Waals surface area contributed by atoms with E-state index >= 15 is 0 Å². The van der Waals surface area contributed by atoms with E-state index in [1.54, 1.807) is 6.92 Å². The van der Waals surface area contributed by atoms with Gasteiger partial charge in [0.25, 0.3) is 5.71 Å². The van der Waals surface area contributed by atoms with E-state index in [1.165, 1.54) is 11.5 Å². The molecule has 0 amide bonds. The van der Waals surface area contributed by atoms with Crippen LogP contribution >= 0.6 is 11.5 Å². The molecule has 3 aromatic rings. The molecule has 0 aromatic carbocycles. The molecule has 8 heteroatoms. The van der Waals surface area contributed by atoms with Gasteiger partial charge in [0.1, 0.15) is 5.82 Å². The standard InChI is InChI=1S/C13H16N6OS/c1-6(2)10-9(21-19-18-10)5-14-12-11-13(16-7(3)15-12)20-8(4)17-11/h6H,5H2,1-4H3,(H,14,15,16). The molecule has 3 rings (SSSR count). The van der Waals surface area contributed by atoms with Crippen LogP contribution in [0.15, 0.2) is 4.42 Å². The van der Waals surface area contributed by atoms with Crippen LogP contribution in [0.2, 0.25) is 0 Å². The molecule has 0 bridgehead atoms. The van der Waals surface area contributed by atoms with Gasteiger partial charge in [0.05, 0.1) is 17.1 Å². The van der Waals surface area contributed by atoms with Crippen molar-refractivity contribution < 1.29 is 4.42 Å². The summed E-state index contributed by atoms with van der Waals surface area (Å²) < 4.78 is 9.49. The molecule has 0 unspecified atom stereocenters. The molecule has 1 N–H and O–H groups in total. The SMILES string of the molecule is Cc1nc(NCc2snnc2C(C)C)c2nc(C)oc2n1. The fourth-order valence-electron chi connectivity index (χ4n) is 2.10. The van der Waals surface area contributed by atoms with Crippen molar-refractivity contribution in [2.24, 2.45) is 0 Å². The minimum atomic E-state index is 0.349. The third-order valence-corrected chi connectivity index (χ3v) is 3.76. The lowest BCUT2D eigenvalue weighted by Gasteiger charge is -2.07. The molecular formula is C13H16N6OS. The first-order valence-electron chi connectivity index (χ1n) is 6.71. The van der Waals surface area contributed by atoms with E-state index in [0.29, 0.717) is 41.2 Å². The minimum Gasteiger partial charge on any atom is -0.422 e. The Bertz CT molecular complexity index is 778. The Balaban J connectivity index is 1.89. The van der Waals surface area contributed by atoms with Crippen molar-refractivity contribution in [1.82, 2.24) is 24.5 Å². The molecule has 7 nitrogen and oxygen atoms in total. The van der Waals surface area contributed by atoms with E-state index in [9.17, 15) is 0 Å². The number of anilines is 1. The van der Waals surface area contributed by atoms with Crippen molar-refractivity contribution in [2.75, 3.05) is 5.32 Å². The molecule has 3 aromatic heterocycles. The lowest BCUT2D eigenvalue weighted by molar-refractivity contribution is 0.550. The van der Waals surface area contributed by atoms with Crippen LogP contribution in [0.25, 0.3) is 11.2 Å². The monoisotopic (exact) mass is 304 g/mol. The molecule has 0 saturated carbocycles. The summed E-state index contributed by atoms with van der Waals surface area (Å²) in [4.78, 5) is 14.1. The van der Waals surface area contributed by atoms with Gasteiger partial charge < -0.3 is 9.73 Å². The van der Waals surface area contributed by atoms with Crippen LogP contribution in [0, 0.1) is 13.8 Å². The van der Waals surface area contributed by atoms with Gasteiger partial charge in [-0.2, -0.15) is 4.98 Å². The molecule has 0 aliphatic heterocycles. The normalized spacial score (nSPS) is 11.5. The summed E-state index contributed by atoms with van der Waals surface area (Å²) in [5.41, 5.74) is 2.18. The molecule has 0 spiro atoms. The zero-order valence-electron chi connectivity index (χ0n) is 12.3. The molecule has 21 heavy (non-hydrogen) atoms. The summed E-state index contributed by atoms with van der Waals surface area (Å²) in [7, 11) is 0. The average Bonchev–Trinajstić information content (AvgIpc) is 3.01. The van der Waals surface area contributed by atoms with Crippen molar-refractivity contribution in [3.8, 4) is 0 Å². The maximum atomic E-state index is 5.46. The lowest BCUT2D eigenvalue weighted by atomic mass is 10.1. The number of hydrogen-bond donors (Lipinski definition) is 1. The van der Waals surface area contributed by atoms with Gasteiger partial charge in [-0.05, 0) is 24.4 Å². The molecule has 0 aliphatic rings. The highest BCUT2D eigenvalue weighted by molar-refractivity contribution is 7.05. The highest BCUT2D eigenvalue weighted by Crippen LogP contribution is 2.24. The summed E-state index contributed by atoms with van der Waals surface area (Å²) in [6, 6.07) is 0. The number of oxazole rings is 1. The zero-order chi connectivity index (χ0) is 15.0. The van der Waals surface area contributed by atoms with Gasteiger partial charge in [0, 0.05) is 6.92 Å². The van der Waals surface area contributed by atoms with Crippen molar-refractivity contribution >= 4 is 28.6 Å². The Morgan fingerprint density at radius 2 is 2.00 bits per heavy atom. The van der Waals surface area contributed by atoms with Crippen molar-refractivity contribution in [3.63, 3.8) is 0 Å². The third-order valence-electron chi connectivity index (χ3n) is 3.03. The van der Waals surface area contributed by atoms with Crippen LogP contribution in [-0.4, -0.2) is 24.5 Å². The summed E-state index contributed by atoms with van der Waals surface area (Å²) in [5.74, 6) is 2.25. The Morgan fingerprint density at radius 1 is 1.19 bits per heavy atom. The number of hydrogen-bond acceptors (Lipinski definition) is 8. The zero-order valence-corrected chi connectivity index (χ0v) is 13.2. The smallest absolute Gasteiger partial charge is 0.252 e. The van der Waals surface area contributed by atoms with Crippen molar-refractivity contribution in [2.45, 2.75) is 40.2 Å². The fraction of sp³-hybridized carbons (Fsp3) is 0.462. The Kier molecular flexibility index (Phi) is 3.54. The predicted octanol–water partition coefficient (Wildman–Crippen LogP) is 2.82. The number of aryl methyl sites for hydroxylation is 2. The molecule has 0 saturated heterocycles. The van der Waals surface area contributed by atoms with Gasteiger partial charge in [0.15, 0.2) is 17.2 Å². The highest BCUT2D eigenvalue weighted by Gasteiger charge is 2.15. The van der Waals surface area contributed by atoms with Crippen LogP contribution in [0.5, 0.6) is 0 Å². The Morgan fingerprint density at radius 3 is 2.76 bits per heavy atom. The second-order valence-corrected chi connectivity index (χ2v) is 5.93. The maximum absolute atomic E-state index is 5.46. The van der Waals surface area contributed by atoms with Gasteiger partial charge in [-0.1, -0.05) is 18.3 Å². The van der Waals surface area contributed by atoms with Gasteiger partial charge in [0.2, 0.25) is 0 Å². The van der Waals surface area contributed by atoms with E-state index in [4.69, 9.17) is 4.42 Å². The molecule has 0 fully saturated rings. The first-order valence-corrected chi connectivity index (χ1v) is 7.48. The van der Waals surface area contributed by atoms with Gasteiger partial charge in [-0.3, -0.25) is 0 Å². The largest absolute Gasteiger partial charge is 0.422 e. The summed E-state index contributed by atoms with van der Waals surface area (Å²) in [5, 5.41) is 7.47. The highest BCUT2D eigenvalue weighted by atomic mass is 32.1.